The molecule has 0 aliphatic carbocycles. The van der Waals surface area contributed by atoms with Gasteiger partial charge in [0.1, 0.15) is 6.04 Å². The highest BCUT2D eigenvalue weighted by molar-refractivity contribution is 5.80. The molecular weight excluding hydrogens is 244 g/mol. The van der Waals surface area contributed by atoms with Gasteiger partial charge in [-0.25, -0.2) is 4.68 Å². The number of hydrogen-bond donors (Lipinski definition) is 0. The zero-order valence-corrected chi connectivity index (χ0v) is 11.7. The van der Waals surface area contributed by atoms with Crippen molar-refractivity contribution >= 4 is 11.6 Å². The Hall–Kier alpha value is -1.85. The first-order valence-corrected chi connectivity index (χ1v) is 6.55. The topological polar surface area (TPSA) is 58.4 Å². The second-order valence-corrected chi connectivity index (χ2v) is 5.10. The van der Waals surface area contributed by atoms with E-state index in [1.54, 1.807) is 18.0 Å². The summed E-state index contributed by atoms with van der Waals surface area (Å²) in [5, 5.41) is 4.11. The minimum atomic E-state index is -0.540. The standard InChI is InChI=1S/C13H20N4O2/c1-10(13(19)16-6-4-5-7-16)17-12(18)8-11(9-14-17)15(2)3/h8-10H,4-7H2,1-3H3. The number of carbonyl (C=O) groups excluding carboxylic acids is 1. The Balaban J connectivity index is 2.21. The lowest BCUT2D eigenvalue weighted by atomic mass is 10.3. The summed E-state index contributed by atoms with van der Waals surface area (Å²) < 4.78 is 1.26. The maximum Gasteiger partial charge on any atom is 0.269 e. The summed E-state index contributed by atoms with van der Waals surface area (Å²) in [4.78, 5) is 27.9. The van der Waals surface area contributed by atoms with Crippen LogP contribution < -0.4 is 10.5 Å². The van der Waals surface area contributed by atoms with Gasteiger partial charge in [0.25, 0.3) is 5.56 Å². The molecule has 0 spiro atoms. The van der Waals surface area contributed by atoms with Gasteiger partial charge in [0, 0.05) is 33.3 Å². The van der Waals surface area contributed by atoms with Gasteiger partial charge in [0.2, 0.25) is 5.91 Å². The van der Waals surface area contributed by atoms with E-state index in [1.165, 1.54) is 10.7 Å². The number of amides is 1. The Morgan fingerprint density at radius 1 is 1.37 bits per heavy atom. The second-order valence-electron chi connectivity index (χ2n) is 5.10. The number of nitrogens with zero attached hydrogens (tertiary/aromatic N) is 4. The highest BCUT2D eigenvalue weighted by Crippen LogP contribution is 2.14. The normalized spacial score (nSPS) is 16.5. The van der Waals surface area contributed by atoms with Crippen LogP contribution in [0.2, 0.25) is 0 Å². The molecule has 1 unspecified atom stereocenters. The van der Waals surface area contributed by atoms with Crippen LogP contribution in [0, 0.1) is 0 Å². The molecular formula is C13H20N4O2. The largest absolute Gasteiger partial charge is 0.376 e. The summed E-state index contributed by atoms with van der Waals surface area (Å²) in [6.07, 6.45) is 3.69. The molecule has 1 aromatic rings. The van der Waals surface area contributed by atoms with Crippen molar-refractivity contribution in [3.63, 3.8) is 0 Å². The fraction of sp³-hybridized carbons (Fsp3) is 0.615. The summed E-state index contributed by atoms with van der Waals surface area (Å²) >= 11 is 0. The van der Waals surface area contributed by atoms with E-state index in [1.807, 2.05) is 19.0 Å². The maximum atomic E-state index is 12.2. The lowest BCUT2D eigenvalue weighted by molar-refractivity contribution is -0.133. The van der Waals surface area contributed by atoms with E-state index in [0.29, 0.717) is 0 Å². The molecule has 2 rings (SSSR count). The van der Waals surface area contributed by atoms with Gasteiger partial charge in [-0.2, -0.15) is 5.10 Å². The van der Waals surface area contributed by atoms with E-state index in [9.17, 15) is 9.59 Å². The Bertz CT molecular complexity index is 518. The van der Waals surface area contributed by atoms with Crippen molar-refractivity contribution in [2.24, 2.45) is 0 Å². The first kappa shape index (κ1) is 13.6. The Morgan fingerprint density at radius 2 is 2.00 bits per heavy atom. The van der Waals surface area contributed by atoms with Crippen molar-refractivity contribution in [3.05, 3.63) is 22.6 Å². The monoisotopic (exact) mass is 264 g/mol. The van der Waals surface area contributed by atoms with Crippen molar-refractivity contribution in [2.75, 3.05) is 32.1 Å². The van der Waals surface area contributed by atoms with Crippen molar-refractivity contribution in [1.82, 2.24) is 14.7 Å². The van der Waals surface area contributed by atoms with E-state index < -0.39 is 6.04 Å². The molecule has 1 amide bonds. The van der Waals surface area contributed by atoms with Crippen molar-refractivity contribution < 1.29 is 4.79 Å². The molecule has 6 nitrogen and oxygen atoms in total. The van der Waals surface area contributed by atoms with E-state index in [0.717, 1.165) is 31.6 Å². The Morgan fingerprint density at radius 3 is 2.53 bits per heavy atom. The molecule has 6 heteroatoms. The van der Waals surface area contributed by atoms with E-state index in [-0.39, 0.29) is 11.5 Å². The van der Waals surface area contributed by atoms with Crippen LogP contribution >= 0.6 is 0 Å². The molecule has 1 aliphatic rings. The SMILES string of the molecule is CC(C(=O)N1CCCC1)n1ncc(N(C)C)cc1=O. The number of rotatable bonds is 3. The minimum absolute atomic E-state index is 0.0234. The molecule has 0 bridgehead atoms. The fourth-order valence-corrected chi connectivity index (χ4v) is 2.25. The first-order valence-electron chi connectivity index (χ1n) is 6.55. The molecule has 1 saturated heterocycles. The van der Waals surface area contributed by atoms with Gasteiger partial charge in [-0.3, -0.25) is 9.59 Å². The zero-order valence-electron chi connectivity index (χ0n) is 11.7. The average Bonchev–Trinajstić information content (AvgIpc) is 2.90. The van der Waals surface area contributed by atoms with Crippen LogP contribution in [0.4, 0.5) is 5.69 Å². The molecule has 19 heavy (non-hydrogen) atoms. The first-order chi connectivity index (χ1) is 9.00. The number of likely N-dealkylation sites (tertiary alicyclic amines) is 1. The van der Waals surface area contributed by atoms with Gasteiger partial charge in [-0.1, -0.05) is 0 Å². The lowest BCUT2D eigenvalue weighted by Gasteiger charge is -2.21. The van der Waals surface area contributed by atoms with Gasteiger partial charge >= 0.3 is 0 Å². The number of carbonyl (C=O) groups is 1. The molecule has 0 saturated carbocycles. The smallest absolute Gasteiger partial charge is 0.269 e. The van der Waals surface area contributed by atoms with Crippen molar-refractivity contribution in [3.8, 4) is 0 Å². The molecule has 0 radical (unpaired) electrons. The van der Waals surface area contributed by atoms with Crippen molar-refractivity contribution in [2.45, 2.75) is 25.8 Å². The van der Waals surface area contributed by atoms with Crippen molar-refractivity contribution in [1.29, 1.82) is 0 Å². The third-order valence-electron chi connectivity index (χ3n) is 3.47. The van der Waals surface area contributed by atoms with E-state index in [2.05, 4.69) is 5.10 Å². The van der Waals surface area contributed by atoms with Gasteiger partial charge in [-0.15, -0.1) is 0 Å². The van der Waals surface area contributed by atoms with E-state index >= 15 is 0 Å². The second kappa shape index (κ2) is 5.42. The summed E-state index contributed by atoms with van der Waals surface area (Å²) in [6, 6.07) is 0.961. The predicted octanol–water partition coefficient (Wildman–Crippen LogP) is 0.493. The highest BCUT2D eigenvalue weighted by atomic mass is 16.2. The summed E-state index contributed by atoms with van der Waals surface area (Å²) in [7, 11) is 3.69. The molecule has 1 fully saturated rings. The average molecular weight is 264 g/mol. The highest BCUT2D eigenvalue weighted by Gasteiger charge is 2.25. The van der Waals surface area contributed by atoms with Crippen LogP contribution in [-0.2, 0) is 4.79 Å². The lowest BCUT2D eigenvalue weighted by Crippen LogP contribution is -2.38. The van der Waals surface area contributed by atoms with Crippen LogP contribution in [0.3, 0.4) is 0 Å². The number of aromatic nitrogens is 2. The quantitative estimate of drug-likeness (QED) is 0.797. The minimum Gasteiger partial charge on any atom is -0.376 e. The van der Waals surface area contributed by atoms with Crippen LogP contribution in [0.5, 0.6) is 0 Å². The third-order valence-corrected chi connectivity index (χ3v) is 3.47. The van der Waals surface area contributed by atoms with Crippen LogP contribution in [0.25, 0.3) is 0 Å². The molecule has 0 N–H and O–H groups in total. The fourth-order valence-electron chi connectivity index (χ4n) is 2.25. The predicted molar refractivity (Wildman–Crippen MR) is 73.3 cm³/mol. The summed E-state index contributed by atoms with van der Waals surface area (Å²) in [6.45, 7) is 3.30. The van der Waals surface area contributed by atoms with Gasteiger partial charge in [0.15, 0.2) is 0 Å². The zero-order chi connectivity index (χ0) is 14.0. The number of anilines is 1. The van der Waals surface area contributed by atoms with Gasteiger partial charge in [-0.05, 0) is 19.8 Å². The molecule has 1 atom stereocenters. The molecule has 0 aromatic carbocycles. The summed E-state index contributed by atoms with van der Waals surface area (Å²) in [5.74, 6) is -0.0234. The van der Waals surface area contributed by atoms with Gasteiger partial charge < -0.3 is 9.80 Å². The van der Waals surface area contributed by atoms with Crippen LogP contribution in [-0.4, -0.2) is 47.8 Å². The van der Waals surface area contributed by atoms with E-state index in [4.69, 9.17) is 0 Å². The number of hydrogen-bond acceptors (Lipinski definition) is 4. The van der Waals surface area contributed by atoms with Crippen LogP contribution in [0.1, 0.15) is 25.8 Å². The molecule has 1 aliphatic heterocycles. The summed E-state index contributed by atoms with van der Waals surface area (Å²) in [5.41, 5.74) is 0.494. The Kier molecular flexibility index (Phi) is 3.87. The van der Waals surface area contributed by atoms with Crippen LogP contribution in [0.15, 0.2) is 17.1 Å². The molecule has 2 heterocycles. The maximum absolute atomic E-state index is 12.2. The molecule has 1 aromatic heterocycles. The van der Waals surface area contributed by atoms with Gasteiger partial charge in [0.05, 0.1) is 11.9 Å². The third kappa shape index (κ3) is 2.77. The Labute approximate surface area is 112 Å². The molecule has 104 valence electrons.